The minimum absolute atomic E-state index is 0.0135. The average Bonchev–Trinajstić information content (AvgIpc) is 2.78. The quantitative estimate of drug-likeness (QED) is 0.650. The summed E-state index contributed by atoms with van der Waals surface area (Å²) in [7, 11) is 0. The van der Waals surface area contributed by atoms with Crippen LogP contribution in [0, 0.1) is 10.1 Å². The second kappa shape index (κ2) is 5.25. The van der Waals surface area contributed by atoms with Gasteiger partial charge in [0.15, 0.2) is 0 Å². The molecule has 1 aromatic rings. The van der Waals surface area contributed by atoms with Gasteiger partial charge in [-0.1, -0.05) is 15.9 Å². The maximum absolute atomic E-state index is 11.0. The Morgan fingerprint density at radius 1 is 1.61 bits per heavy atom. The normalized spacial score (nSPS) is 22.9. The van der Waals surface area contributed by atoms with E-state index < -0.39 is 16.9 Å². The maximum atomic E-state index is 11.0. The molecule has 0 aliphatic carbocycles. The summed E-state index contributed by atoms with van der Waals surface area (Å²) in [6, 6.07) is 4.10. The largest absolute Gasteiger partial charge is 0.480 e. The summed E-state index contributed by atoms with van der Waals surface area (Å²) in [5.41, 5.74) is 0.484. The van der Waals surface area contributed by atoms with Crippen LogP contribution in [0.1, 0.15) is 10.9 Å². The molecule has 0 radical (unpaired) electrons. The number of aliphatic carboxylic acids is 1. The number of carbonyl (C=O) groups is 1. The smallest absolute Gasteiger partial charge is 0.321 e. The number of benzene rings is 1. The molecule has 1 heterocycles. The highest BCUT2D eigenvalue weighted by molar-refractivity contribution is 9.10. The molecule has 0 saturated carbocycles. The molecule has 2 N–H and O–H groups in total. The van der Waals surface area contributed by atoms with Crippen LogP contribution in [0.3, 0.4) is 0 Å². The minimum atomic E-state index is -0.940. The van der Waals surface area contributed by atoms with Crippen LogP contribution < -0.4 is 5.32 Å². The van der Waals surface area contributed by atoms with Crippen LogP contribution in [0.25, 0.3) is 0 Å². The molecule has 1 aromatic carbocycles. The molecular formula is C10H9BrN2O4S. The number of carboxylic acid groups (broad SMARTS) is 1. The van der Waals surface area contributed by atoms with Crippen molar-refractivity contribution in [2.24, 2.45) is 0 Å². The Kier molecular flexibility index (Phi) is 3.88. The molecular weight excluding hydrogens is 324 g/mol. The Labute approximate surface area is 115 Å². The van der Waals surface area contributed by atoms with Crippen molar-refractivity contribution in [1.82, 2.24) is 5.32 Å². The molecule has 2 atom stereocenters. The van der Waals surface area contributed by atoms with E-state index in [1.165, 1.54) is 17.8 Å². The van der Waals surface area contributed by atoms with Crippen LogP contribution in [0.5, 0.6) is 0 Å². The van der Waals surface area contributed by atoms with E-state index in [-0.39, 0.29) is 11.1 Å². The minimum Gasteiger partial charge on any atom is -0.480 e. The third-order valence-corrected chi connectivity index (χ3v) is 4.29. The van der Waals surface area contributed by atoms with Gasteiger partial charge in [-0.15, -0.1) is 11.8 Å². The molecule has 96 valence electrons. The van der Waals surface area contributed by atoms with Gasteiger partial charge in [-0.2, -0.15) is 0 Å². The molecule has 1 aliphatic rings. The molecule has 18 heavy (non-hydrogen) atoms. The fourth-order valence-electron chi connectivity index (χ4n) is 1.69. The number of thioether (sulfide) groups is 1. The first kappa shape index (κ1) is 13.3. The number of halogens is 1. The zero-order valence-electron chi connectivity index (χ0n) is 9.00. The Morgan fingerprint density at radius 3 is 2.89 bits per heavy atom. The fraction of sp³-hybridized carbons (Fsp3) is 0.300. The van der Waals surface area contributed by atoms with E-state index in [4.69, 9.17) is 5.11 Å². The van der Waals surface area contributed by atoms with E-state index in [9.17, 15) is 14.9 Å². The molecule has 1 fully saturated rings. The van der Waals surface area contributed by atoms with E-state index in [1.807, 2.05) is 0 Å². The Morgan fingerprint density at radius 2 is 2.33 bits per heavy atom. The first-order valence-electron chi connectivity index (χ1n) is 5.03. The van der Waals surface area contributed by atoms with Crippen LogP contribution >= 0.6 is 27.7 Å². The van der Waals surface area contributed by atoms with Crippen LogP contribution in [0.15, 0.2) is 22.7 Å². The van der Waals surface area contributed by atoms with Crippen molar-refractivity contribution in [3.8, 4) is 0 Å². The van der Waals surface area contributed by atoms with Crippen molar-refractivity contribution in [2.75, 3.05) is 5.75 Å². The van der Waals surface area contributed by atoms with Crippen molar-refractivity contribution in [1.29, 1.82) is 0 Å². The zero-order valence-corrected chi connectivity index (χ0v) is 11.4. The standard InChI is InChI=1S/C10H9BrN2O4S/c11-5-1-2-6(8(3-5)13(16)17)9-12-7(4-18-9)10(14)15/h1-3,7,9,12H,4H2,(H,14,15)/t7-,9?/m1/s1. The van der Waals surface area contributed by atoms with Crippen LogP contribution in [0.2, 0.25) is 0 Å². The third kappa shape index (κ3) is 2.65. The highest BCUT2D eigenvalue weighted by Crippen LogP contribution is 2.38. The van der Waals surface area contributed by atoms with Gasteiger partial charge in [-0.3, -0.25) is 20.2 Å². The predicted molar refractivity (Wildman–Crippen MR) is 70.6 cm³/mol. The van der Waals surface area contributed by atoms with Gasteiger partial charge in [0, 0.05) is 16.3 Å². The molecule has 1 saturated heterocycles. The van der Waals surface area contributed by atoms with Crippen molar-refractivity contribution < 1.29 is 14.8 Å². The van der Waals surface area contributed by atoms with Gasteiger partial charge in [0.25, 0.3) is 5.69 Å². The monoisotopic (exact) mass is 332 g/mol. The molecule has 8 heteroatoms. The first-order valence-corrected chi connectivity index (χ1v) is 6.87. The summed E-state index contributed by atoms with van der Waals surface area (Å²) >= 11 is 4.54. The highest BCUT2D eigenvalue weighted by Gasteiger charge is 2.33. The summed E-state index contributed by atoms with van der Waals surface area (Å²) in [5.74, 6) is -0.544. The van der Waals surface area contributed by atoms with Gasteiger partial charge in [0.1, 0.15) is 6.04 Å². The molecule has 0 bridgehead atoms. The maximum Gasteiger partial charge on any atom is 0.321 e. The number of nitro groups is 1. The second-order valence-corrected chi connectivity index (χ2v) is 5.78. The molecule has 1 unspecified atom stereocenters. The SMILES string of the molecule is O=C(O)[C@H]1CSC(c2ccc(Br)cc2[N+](=O)[O-])N1. The van der Waals surface area contributed by atoms with E-state index in [2.05, 4.69) is 21.2 Å². The number of nitro benzene ring substituents is 1. The van der Waals surface area contributed by atoms with Crippen LogP contribution in [-0.4, -0.2) is 27.8 Å². The number of rotatable bonds is 3. The lowest BCUT2D eigenvalue weighted by atomic mass is 10.1. The summed E-state index contributed by atoms with van der Waals surface area (Å²) < 4.78 is 0.621. The topological polar surface area (TPSA) is 92.5 Å². The second-order valence-electron chi connectivity index (χ2n) is 3.73. The van der Waals surface area contributed by atoms with Crippen molar-refractivity contribution in [3.05, 3.63) is 38.3 Å². The fourth-order valence-corrected chi connectivity index (χ4v) is 3.30. The lowest BCUT2D eigenvalue weighted by Crippen LogP contribution is -2.33. The molecule has 2 rings (SSSR count). The number of carboxylic acids is 1. The summed E-state index contributed by atoms with van der Waals surface area (Å²) in [5, 5.41) is 22.4. The summed E-state index contributed by atoms with van der Waals surface area (Å²) in [4.78, 5) is 21.3. The molecule has 1 aliphatic heterocycles. The summed E-state index contributed by atoms with van der Waals surface area (Å²) in [6.45, 7) is 0. The number of nitrogens with zero attached hydrogens (tertiary/aromatic N) is 1. The Balaban J connectivity index is 2.29. The van der Waals surface area contributed by atoms with Crippen molar-refractivity contribution >= 4 is 39.3 Å². The van der Waals surface area contributed by atoms with Crippen LogP contribution in [-0.2, 0) is 4.79 Å². The van der Waals surface area contributed by atoms with Gasteiger partial charge in [-0.05, 0) is 12.1 Å². The van der Waals surface area contributed by atoms with E-state index in [0.29, 0.717) is 15.8 Å². The number of nitrogens with one attached hydrogen (secondary N) is 1. The van der Waals surface area contributed by atoms with E-state index >= 15 is 0 Å². The Hall–Kier alpha value is -1.12. The van der Waals surface area contributed by atoms with Gasteiger partial charge in [0.05, 0.1) is 15.9 Å². The van der Waals surface area contributed by atoms with E-state index in [1.54, 1.807) is 12.1 Å². The third-order valence-electron chi connectivity index (χ3n) is 2.55. The first-order chi connectivity index (χ1) is 8.49. The van der Waals surface area contributed by atoms with Gasteiger partial charge < -0.3 is 5.11 Å². The van der Waals surface area contributed by atoms with E-state index in [0.717, 1.165) is 0 Å². The lowest BCUT2D eigenvalue weighted by molar-refractivity contribution is -0.385. The van der Waals surface area contributed by atoms with Crippen molar-refractivity contribution in [3.63, 3.8) is 0 Å². The lowest BCUT2D eigenvalue weighted by Gasteiger charge is -2.11. The van der Waals surface area contributed by atoms with Crippen molar-refractivity contribution in [2.45, 2.75) is 11.4 Å². The van der Waals surface area contributed by atoms with Gasteiger partial charge >= 0.3 is 5.97 Å². The number of hydrogen-bond acceptors (Lipinski definition) is 5. The van der Waals surface area contributed by atoms with Crippen LogP contribution in [0.4, 0.5) is 5.69 Å². The molecule has 0 amide bonds. The zero-order chi connectivity index (χ0) is 13.3. The average molecular weight is 333 g/mol. The highest BCUT2D eigenvalue weighted by atomic mass is 79.9. The molecule has 6 nitrogen and oxygen atoms in total. The number of hydrogen-bond donors (Lipinski definition) is 2. The van der Waals surface area contributed by atoms with Gasteiger partial charge in [-0.25, -0.2) is 0 Å². The molecule has 0 aromatic heterocycles. The summed E-state index contributed by atoms with van der Waals surface area (Å²) in [6.07, 6.45) is 0. The molecule has 0 spiro atoms. The van der Waals surface area contributed by atoms with Gasteiger partial charge in [0.2, 0.25) is 0 Å². The Bertz CT molecular complexity index is 511. The predicted octanol–water partition coefficient (Wildman–Crippen LogP) is 2.15.